The number of nitrogens with two attached hydrogens (primary N) is 1. The minimum absolute atomic E-state index is 0.454. The molecule has 13 heavy (non-hydrogen) atoms. The predicted octanol–water partition coefficient (Wildman–Crippen LogP) is -0.167. The third kappa shape index (κ3) is 2.06. The van der Waals surface area contributed by atoms with Crippen molar-refractivity contribution in [2.24, 2.45) is 0 Å². The summed E-state index contributed by atoms with van der Waals surface area (Å²) < 4.78 is 0. The molecule has 1 aliphatic heterocycles. The van der Waals surface area contributed by atoms with Crippen LogP contribution in [-0.2, 0) is 0 Å². The van der Waals surface area contributed by atoms with Gasteiger partial charge in [0.1, 0.15) is 11.6 Å². The van der Waals surface area contributed by atoms with E-state index in [4.69, 9.17) is 5.73 Å². The Bertz CT molecular complexity index is 264. The molecule has 1 fully saturated rings. The van der Waals surface area contributed by atoms with Crippen molar-refractivity contribution < 1.29 is 0 Å². The molecule has 1 aromatic rings. The van der Waals surface area contributed by atoms with E-state index in [1.54, 1.807) is 6.07 Å². The molecular weight excluding hydrogens is 166 g/mol. The number of anilines is 2. The number of nitrogen functional groups attached to an aromatic ring is 1. The summed E-state index contributed by atoms with van der Waals surface area (Å²) in [5.41, 5.74) is 5.42. The zero-order valence-corrected chi connectivity index (χ0v) is 7.33. The summed E-state index contributed by atoms with van der Waals surface area (Å²) >= 11 is 0. The second kappa shape index (κ2) is 3.57. The van der Waals surface area contributed by atoms with E-state index >= 15 is 0 Å². The van der Waals surface area contributed by atoms with Crippen molar-refractivity contribution in [3.8, 4) is 0 Å². The molecule has 1 aromatic heterocycles. The highest BCUT2D eigenvalue weighted by Gasteiger charge is 2.13. The lowest BCUT2D eigenvalue weighted by Gasteiger charge is -2.10. The lowest BCUT2D eigenvalue weighted by molar-refractivity contribution is 0.783. The summed E-state index contributed by atoms with van der Waals surface area (Å²) in [6.45, 7) is 2.06. The van der Waals surface area contributed by atoms with Crippen LogP contribution in [0.25, 0.3) is 0 Å². The SMILES string of the molecule is Nc1ccc(NC2CCNC2)nn1. The number of nitrogens with one attached hydrogen (secondary N) is 2. The van der Waals surface area contributed by atoms with E-state index in [1.807, 2.05) is 6.07 Å². The number of hydrogen-bond acceptors (Lipinski definition) is 5. The second-order valence-electron chi connectivity index (χ2n) is 3.18. The summed E-state index contributed by atoms with van der Waals surface area (Å²) in [4.78, 5) is 0. The van der Waals surface area contributed by atoms with Crippen molar-refractivity contribution in [2.45, 2.75) is 12.5 Å². The Morgan fingerprint density at radius 1 is 1.46 bits per heavy atom. The van der Waals surface area contributed by atoms with E-state index < -0.39 is 0 Å². The van der Waals surface area contributed by atoms with Gasteiger partial charge in [0.05, 0.1) is 0 Å². The van der Waals surface area contributed by atoms with Crippen LogP contribution in [0.15, 0.2) is 12.1 Å². The van der Waals surface area contributed by atoms with E-state index in [-0.39, 0.29) is 0 Å². The van der Waals surface area contributed by atoms with Crippen molar-refractivity contribution in [1.82, 2.24) is 15.5 Å². The fraction of sp³-hybridized carbons (Fsp3) is 0.500. The second-order valence-corrected chi connectivity index (χ2v) is 3.18. The van der Waals surface area contributed by atoms with Gasteiger partial charge in [0, 0.05) is 12.6 Å². The summed E-state index contributed by atoms with van der Waals surface area (Å²) in [5.74, 6) is 1.25. The van der Waals surface area contributed by atoms with Crippen LogP contribution < -0.4 is 16.4 Å². The third-order valence-electron chi connectivity index (χ3n) is 2.10. The zero-order valence-electron chi connectivity index (χ0n) is 7.33. The molecule has 1 aliphatic rings. The van der Waals surface area contributed by atoms with Crippen LogP contribution in [-0.4, -0.2) is 29.3 Å². The van der Waals surface area contributed by atoms with Gasteiger partial charge in [-0.05, 0) is 25.1 Å². The highest BCUT2D eigenvalue weighted by molar-refractivity contribution is 5.39. The van der Waals surface area contributed by atoms with Crippen LogP contribution in [0.2, 0.25) is 0 Å². The minimum atomic E-state index is 0.454. The Balaban J connectivity index is 1.97. The molecule has 0 aliphatic carbocycles. The molecule has 0 bridgehead atoms. The van der Waals surface area contributed by atoms with Gasteiger partial charge in [-0.2, -0.15) is 0 Å². The first kappa shape index (κ1) is 8.25. The Hall–Kier alpha value is -1.36. The lowest BCUT2D eigenvalue weighted by Crippen LogP contribution is -2.22. The van der Waals surface area contributed by atoms with E-state index in [2.05, 4.69) is 20.8 Å². The fourth-order valence-electron chi connectivity index (χ4n) is 1.41. The molecule has 70 valence electrons. The van der Waals surface area contributed by atoms with Crippen molar-refractivity contribution in [3.05, 3.63) is 12.1 Å². The molecule has 2 heterocycles. The monoisotopic (exact) mass is 179 g/mol. The number of aromatic nitrogens is 2. The highest BCUT2D eigenvalue weighted by atomic mass is 15.2. The maximum absolute atomic E-state index is 5.42. The summed E-state index contributed by atoms with van der Waals surface area (Å²) in [6, 6.07) is 4.07. The van der Waals surface area contributed by atoms with Gasteiger partial charge in [-0.15, -0.1) is 10.2 Å². The average molecular weight is 179 g/mol. The maximum Gasteiger partial charge on any atom is 0.149 e. The molecule has 4 N–H and O–H groups in total. The number of hydrogen-bond donors (Lipinski definition) is 3. The molecule has 5 heteroatoms. The predicted molar refractivity (Wildman–Crippen MR) is 51.3 cm³/mol. The molecule has 0 amide bonds. The zero-order chi connectivity index (χ0) is 9.10. The molecule has 0 aromatic carbocycles. The van der Waals surface area contributed by atoms with Crippen LogP contribution in [0.5, 0.6) is 0 Å². The molecule has 2 rings (SSSR count). The summed E-state index contributed by atoms with van der Waals surface area (Å²) in [7, 11) is 0. The first-order valence-corrected chi connectivity index (χ1v) is 4.41. The lowest BCUT2D eigenvalue weighted by atomic mass is 10.2. The van der Waals surface area contributed by atoms with Crippen molar-refractivity contribution >= 4 is 11.6 Å². The van der Waals surface area contributed by atoms with Gasteiger partial charge in [-0.25, -0.2) is 0 Å². The Kier molecular flexibility index (Phi) is 2.27. The van der Waals surface area contributed by atoms with E-state index in [0.717, 1.165) is 25.3 Å². The molecule has 1 atom stereocenters. The molecule has 0 spiro atoms. The van der Waals surface area contributed by atoms with Gasteiger partial charge < -0.3 is 16.4 Å². The first-order valence-electron chi connectivity index (χ1n) is 4.41. The maximum atomic E-state index is 5.42. The average Bonchev–Trinajstić information content (AvgIpc) is 2.62. The van der Waals surface area contributed by atoms with E-state index in [9.17, 15) is 0 Å². The largest absolute Gasteiger partial charge is 0.382 e. The molecule has 0 saturated carbocycles. The molecule has 1 saturated heterocycles. The summed E-state index contributed by atoms with van der Waals surface area (Å²) in [6.07, 6.45) is 1.13. The highest BCUT2D eigenvalue weighted by Crippen LogP contribution is 2.08. The van der Waals surface area contributed by atoms with E-state index in [1.165, 1.54) is 0 Å². The summed E-state index contributed by atoms with van der Waals surface area (Å²) in [5, 5.41) is 14.2. The first-order chi connectivity index (χ1) is 6.34. The Labute approximate surface area is 76.7 Å². The van der Waals surface area contributed by atoms with Crippen molar-refractivity contribution in [3.63, 3.8) is 0 Å². The minimum Gasteiger partial charge on any atom is -0.382 e. The van der Waals surface area contributed by atoms with Crippen LogP contribution >= 0.6 is 0 Å². The van der Waals surface area contributed by atoms with Crippen LogP contribution in [0, 0.1) is 0 Å². The normalized spacial score (nSPS) is 21.7. The van der Waals surface area contributed by atoms with E-state index in [0.29, 0.717) is 11.9 Å². The fourth-order valence-corrected chi connectivity index (χ4v) is 1.41. The van der Waals surface area contributed by atoms with Gasteiger partial charge >= 0.3 is 0 Å². The third-order valence-corrected chi connectivity index (χ3v) is 2.10. The Morgan fingerprint density at radius 2 is 2.38 bits per heavy atom. The topological polar surface area (TPSA) is 75.9 Å². The molecule has 1 unspecified atom stereocenters. The van der Waals surface area contributed by atoms with Crippen LogP contribution in [0.3, 0.4) is 0 Å². The van der Waals surface area contributed by atoms with Gasteiger partial charge in [-0.1, -0.05) is 0 Å². The molecular formula is C8H13N5. The van der Waals surface area contributed by atoms with Gasteiger partial charge in [0.15, 0.2) is 0 Å². The molecule has 5 nitrogen and oxygen atoms in total. The van der Waals surface area contributed by atoms with Gasteiger partial charge in [0.25, 0.3) is 0 Å². The smallest absolute Gasteiger partial charge is 0.149 e. The van der Waals surface area contributed by atoms with Crippen molar-refractivity contribution in [2.75, 3.05) is 24.1 Å². The quantitative estimate of drug-likeness (QED) is 0.588. The van der Waals surface area contributed by atoms with Crippen LogP contribution in [0.4, 0.5) is 11.6 Å². The standard InChI is InChI=1S/C8H13N5/c9-7-1-2-8(13-12-7)11-6-3-4-10-5-6/h1-2,6,10H,3-5H2,(H2,9,12)(H,11,13). The number of nitrogens with zero attached hydrogens (tertiary/aromatic N) is 2. The molecule has 0 radical (unpaired) electrons. The van der Waals surface area contributed by atoms with Crippen LogP contribution in [0.1, 0.15) is 6.42 Å². The number of rotatable bonds is 2. The van der Waals surface area contributed by atoms with Crippen molar-refractivity contribution in [1.29, 1.82) is 0 Å². The van der Waals surface area contributed by atoms with Gasteiger partial charge in [-0.3, -0.25) is 0 Å². The Morgan fingerprint density at radius 3 is 3.00 bits per heavy atom. The van der Waals surface area contributed by atoms with Gasteiger partial charge in [0.2, 0.25) is 0 Å².